The number of methoxy groups -OCH3 is 1. The summed E-state index contributed by atoms with van der Waals surface area (Å²) in [4.78, 5) is 11.2. The van der Waals surface area contributed by atoms with Crippen LogP contribution in [0.2, 0.25) is 0 Å². The molecule has 0 fully saturated rings. The summed E-state index contributed by atoms with van der Waals surface area (Å²) in [7, 11) is 1.33. The van der Waals surface area contributed by atoms with E-state index >= 15 is 0 Å². The Morgan fingerprint density at radius 2 is 1.88 bits per heavy atom. The van der Waals surface area contributed by atoms with Crippen molar-refractivity contribution in [2.45, 2.75) is 26.3 Å². The Balaban J connectivity index is 2.86. The van der Waals surface area contributed by atoms with Crippen LogP contribution in [0.3, 0.4) is 0 Å². The molecule has 4 heteroatoms. The second-order valence-corrected chi connectivity index (χ2v) is 3.98. The van der Waals surface area contributed by atoms with E-state index in [2.05, 4.69) is 4.74 Å². The van der Waals surface area contributed by atoms with Crippen molar-refractivity contribution in [2.24, 2.45) is 5.73 Å². The Bertz CT molecular complexity index is 379. The number of esters is 1. The number of nitrogen functional groups attached to an aromatic ring is 1. The van der Waals surface area contributed by atoms with Gasteiger partial charge in [0, 0.05) is 5.69 Å². The van der Waals surface area contributed by atoms with E-state index in [1.54, 1.807) is 0 Å². The predicted molar refractivity (Wildman–Crippen MR) is 64.0 cm³/mol. The van der Waals surface area contributed by atoms with Crippen molar-refractivity contribution in [1.29, 1.82) is 0 Å². The Kier molecular flexibility index (Phi) is 3.90. The van der Waals surface area contributed by atoms with Gasteiger partial charge in [0.25, 0.3) is 0 Å². The normalized spacial score (nSPS) is 12.2. The molecule has 0 amide bonds. The molecule has 1 aromatic carbocycles. The lowest BCUT2D eigenvalue weighted by Crippen LogP contribution is -2.33. The molecule has 1 rings (SSSR count). The molecular weight excluding hydrogens is 204 g/mol. The van der Waals surface area contributed by atoms with Crippen LogP contribution in [0, 0.1) is 13.8 Å². The molecule has 1 aromatic rings. The van der Waals surface area contributed by atoms with Gasteiger partial charge in [-0.25, -0.2) is 0 Å². The molecule has 0 saturated carbocycles. The van der Waals surface area contributed by atoms with Gasteiger partial charge in [0.1, 0.15) is 6.04 Å². The van der Waals surface area contributed by atoms with E-state index < -0.39 is 12.0 Å². The van der Waals surface area contributed by atoms with Crippen molar-refractivity contribution in [3.8, 4) is 0 Å². The zero-order chi connectivity index (χ0) is 12.3. The van der Waals surface area contributed by atoms with Gasteiger partial charge < -0.3 is 16.2 Å². The predicted octanol–water partition coefficient (Wildman–Crippen LogP) is 0.928. The summed E-state index contributed by atoms with van der Waals surface area (Å²) >= 11 is 0. The van der Waals surface area contributed by atoms with E-state index in [9.17, 15) is 4.79 Å². The summed E-state index contributed by atoms with van der Waals surface area (Å²) in [5.74, 6) is -0.396. The first-order valence-electron chi connectivity index (χ1n) is 5.14. The zero-order valence-electron chi connectivity index (χ0n) is 9.91. The molecule has 0 aliphatic heterocycles. The first-order chi connectivity index (χ1) is 7.45. The first-order valence-corrected chi connectivity index (χ1v) is 5.14. The molecule has 0 saturated heterocycles. The van der Waals surface area contributed by atoms with Gasteiger partial charge in [-0.2, -0.15) is 0 Å². The number of hydrogen-bond acceptors (Lipinski definition) is 4. The third-order valence-electron chi connectivity index (χ3n) is 2.61. The molecule has 0 unspecified atom stereocenters. The van der Waals surface area contributed by atoms with Gasteiger partial charge in [-0.3, -0.25) is 4.79 Å². The summed E-state index contributed by atoms with van der Waals surface area (Å²) in [6.45, 7) is 3.88. The molecule has 0 radical (unpaired) electrons. The van der Waals surface area contributed by atoms with Crippen molar-refractivity contribution in [3.63, 3.8) is 0 Å². The van der Waals surface area contributed by atoms with Gasteiger partial charge in [0.05, 0.1) is 7.11 Å². The van der Waals surface area contributed by atoms with Crippen LogP contribution >= 0.6 is 0 Å². The zero-order valence-corrected chi connectivity index (χ0v) is 9.91. The minimum atomic E-state index is -0.618. The maximum atomic E-state index is 11.2. The van der Waals surface area contributed by atoms with Crippen LogP contribution in [0.15, 0.2) is 12.1 Å². The average molecular weight is 222 g/mol. The summed E-state index contributed by atoms with van der Waals surface area (Å²) in [5, 5.41) is 0. The molecular formula is C12H18N2O2. The van der Waals surface area contributed by atoms with E-state index in [1.165, 1.54) is 7.11 Å². The fraction of sp³-hybridized carbons (Fsp3) is 0.417. The minimum Gasteiger partial charge on any atom is -0.468 e. The quantitative estimate of drug-likeness (QED) is 0.589. The molecule has 0 spiro atoms. The first kappa shape index (κ1) is 12.5. The van der Waals surface area contributed by atoms with Crippen LogP contribution < -0.4 is 11.5 Å². The Labute approximate surface area is 95.6 Å². The molecule has 4 N–H and O–H groups in total. The fourth-order valence-corrected chi connectivity index (χ4v) is 1.67. The Hall–Kier alpha value is -1.55. The van der Waals surface area contributed by atoms with Gasteiger partial charge in [0.2, 0.25) is 0 Å². The summed E-state index contributed by atoms with van der Waals surface area (Å²) in [6, 6.07) is 3.28. The van der Waals surface area contributed by atoms with Crippen LogP contribution in [0.4, 0.5) is 5.69 Å². The van der Waals surface area contributed by atoms with Gasteiger partial charge >= 0.3 is 5.97 Å². The highest BCUT2D eigenvalue weighted by Gasteiger charge is 2.14. The largest absolute Gasteiger partial charge is 0.468 e. The van der Waals surface area contributed by atoms with E-state index in [4.69, 9.17) is 11.5 Å². The smallest absolute Gasteiger partial charge is 0.322 e. The topological polar surface area (TPSA) is 78.3 Å². The third-order valence-corrected chi connectivity index (χ3v) is 2.61. The lowest BCUT2D eigenvalue weighted by molar-refractivity contribution is -0.142. The average Bonchev–Trinajstić information content (AvgIpc) is 2.24. The van der Waals surface area contributed by atoms with Gasteiger partial charge in [0.15, 0.2) is 0 Å². The van der Waals surface area contributed by atoms with Crippen LogP contribution in [-0.2, 0) is 16.0 Å². The molecule has 0 aliphatic rings. The van der Waals surface area contributed by atoms with Crippen molar-refractivity contribution in [3.05, 3.63) is 28.8 Å². The number of aryl methyl sites for hydroxylation is 2. The third kappa shape index (κ3) is 2.73. The number of ether oxygens (including phenoxy) is 1. The molecule has 4 nitrogen and oxygen atoms in total. The Morgan fingerprint density at radius 1 is 1.38 bits per heavy atom. The van der Waals surface area contributed by atoms with Crippen molar-refractivity contribution < 1.29 is 9.53 Å². The minimum absolute atomic E-state index is 0.396. The summed E-state index contributed by atoms with van der Waals surface area (Å²) in [5.41, 5.74) is 15.3. The highest BCUT2D eigenvalue weighted by atomic mass is 16.5. The number of anilines is 1. The van der Waals surface area contributed by atoms with E-state index in [0.717, 1.165) is 22.4 Å². The molecule has 0 heterocycles. The van der Waals surface area contributed by atoms with E-state index in [1.807, 2.05) is 26.0 Å². The summed E-state index contributed by atoms with van der Waals surface area (Å²) < 4.78 is 4.58. The fourth-order valence-electron chi connectivity index (χ4n) is 1.67. The van der Waals surface area contributed by atoms with E-state index in [0.29, 0.717) is 6.42 Å². The molecule has 0 aliphatic carbocycles. The monoisotopic (exact) mass is 222 g/mol. The number of carbonyl (C=O) groups excluding carboxylic acids is 1. The lowest BCUT2D eigenvalue weighted by atomic mass is 10.00. The number of nitrogens with two attached hydrogens (primary N) is 2. The van der Waals surface area contributed by atoms with Crippen LogP contribution in [0.1, 0.15) is 16.7 Å². The van der Waals surface area contributed by atoms with E-state index in [-0.39, 0.29) is 0 Å². The molecule has 1 atom stereocenters. The van der Waals surface area contributed by atoms with Gasteiger partial charge in [-0.1, -0.05) is 12.1 Å². The van der Waals surface area contributed by atoms with Crippen molar-refractivity contribution in [2.75, 3.05) is 12.8 Å². The number of benzene rings is 1. The molecule has 16 heavy (non-hydrogen) atoms. The molecule has 0 bridgehead atoms. The second kappa shape index (κ2) is 4.99. The van der Waals surface area contributed by atoms with Crippen molar-refractivity contribution in [1.82, 2.24) is 0 Å². The van der Waals surface area contributed by atoms with Gasteiger partial charge in [-0.05, 0) is 37.0 Å². The lowest BCUT2D eigenvalue weighted by Gasteiger charge is -2.12. The maximum absolute atomic E-state index is 11.2. The summed E-state index contributed by atoms with van der Waals surface area (Å²) in [6.07, 6.45) is 0.467. The Morgan fingerprint density at radius 3 is 2.31 bits per heavy atom. The highest BCUT2D eigenvalue weighted by molar-refractivity contribution is 5.75. The van der Waals surface area contributed by atoms with Crippen LogP contribution in [0.25, 0.3) is 0 Å². The van der Waals surface area contributed by atoms with Crippen LogP contribution in [0.5, 0.6) is 0 Å². The van der Waals surface area contributed by atoms with Crippen LogP contribution in [-0.4, -0.2) is 19.1 Å². The standard InChI is InChI=1S/C12H18N2O2/c1-7-4-9(5-8(2)11(7)14)6-10(13)12(15)16-3/h4-5,10H,6,13-14H2,1-3H3/t10-/m0/s1. The number of hydrogen-bond donors (Lipinski definition) is 2. The van der Waals surface area contributed by atoms with Gasteiger partial charge in [-0.15, -0.1) is 0 Å². The van der Waals surface area contributed by atoms with Crippen molar-refractivity contribution >= 4 is 11.7 Å². The second-order valence-electron chi connectivity index (χ2n) is 3.98. The number of carbonyl (C=O) groups is 1. The number of rotatable bonds is 3. The maximum Gasteiger partial charge on any atom is 0.322 e. The molecule has 88 valence electrons. The molecule has 0 aromatic heterocycles. The highest BCUT2D eigenvalue weighted by Crippen LogP contribution is 2.19. The SMILES string of the molecule is COC(=O)[C@@H](N)Cc1cc(C)c(N)c(C)c1.